The van der Waals surface area contributed by atoms with Crippen LogP contribution in [0.4, 0.5) is 4.39 Å². The second-order valence-electron chi connectivity index (χ2n) is 8.43. The average molecular weight is 436 g/mol. The molecule has 166 valence electrons. The fraction of sp³-hybridized carbons (Fsp3) is 0.375. The summed E-state index contributed by atoms with van der Waals surface area (Å²) >= 11 is 0. The number of rotatable bonds is 5. The first-order valence-corrected chi connectivity index (χ1v) is 10.9. The molecule has 8 heteroatoms. The van der Waals surface area contributed by atoms with Gasteiger partial charge in [0.05, 0.1) is 18.4 Å². The van der Waals surface area contributed by atoms with Crippen LogP contribution < -0.4 is 10.9 Å². The van der Waals surface area contributed by atoms with E-state index in [-0.39, 0.29) is 17.9 Å². The normalized spacial score (nSPS) is 15.1. The van der Waals surface area contributed by atoms with Crippen LogP contribution in [0.15, 0.2) is 41.3 Å². The summed E-state index contributed by atoms with van der Waals surface area (Å²) < 4.78 is 23.6. The SMILES string of the molecule is Cc1cccc(Cn2ncc3c4cc(F)c(CNC5CCOCC5)cc4n(C)c3c2=O)n1. The van der Waals surface area contributed by atoms with Crippen LogP contribution in [0.1, 0.15) is 29.8 Å². The molecule has 1 fully saturated rings. The van der Waals surface area contributed by atoms with Crippen LogP contribution in [0, 0.1) is 12.7 Å². The van der Waals surface area contributed by atoms with Gasteiger partial charge in [-0.05, 0) is 44.0 Å². The summed E-state index contributed by atoms with van der Waals surface area (Å²) in [5.41, 5.74) is 3.36. The van der Waals surface area contributed by atoms with Gasteiger partial charge in [-0.3, -0.25) is 9.78 Å². The van der Waals surface area contributed by atoms with Crippen LogP contribution >= 0.6 is 0 Å². The molecule has 0 amide bonds. The standard InChI is InChI=1S/C24H26FN5O2/c1-15-4-3-5-18(28-15)14-30-24(31)23-20(13-27-30)19-11-21(25)16(10-22(19)29(23)2)12-26-17-6-8-32-9-7-17/h3-5,10-11,13,17,26H,6-9,12,14H2,1-2H3. The van der Waals surface area contributed by atoms with E-state index in [1.807, 2.05) is 42.8 Å². The smallest absolute Gasteiger partial charge is 0.291 e. The van der Waals surface area contributed by atoms with Crippen molar-refractivity contribution in [1.82, 2.24) is 24.6 Å². The summed E-state index contributed by atoms with van der Waals surface area (Å²) in [5.74, 6) is -0.280. The number of pyridine rings is 1. The largest absolute Gasteiger partial charge is 0.381 e. The Morgan fingerprint density at radius 3 is 2.81 bits per heavy atom. The number of nitrogens with one attached hydrogen (secondary N) is 1. The Morgan fingerprint density at radius 1 is 1.22 bits per heavy atom. The molecule has 0 radical (unpaired) electrons. The predicted molar refractivity (Wildman–Crippen MR) is 121 cm³/mol. The summed E-state index contributed by atoms with van der Waals surface area (Å²) in [6, 6.07) is 9.39. The Labute approximate surface area is 184 Å². The minimum absolute atomic E-state index is 0.216. The van der Waals surface area contributed by atoms with Crippen molar-refractivity contribution in [2.75, 3.05) is 13.2 Å². The van der Waals surface area contributed by atoms with Gasteiger partial charge in [-0.15, -0.1) is 0 Å². The summed E-state index contributed by atoms with van der Waals surface area (Å²) in [6.45, 7) is 4.11. The molecule has 1 aliphatic rings. The van der Waals surface area contributed by atoms with Gasteiger partial charge in [0.15, 0.2) is 0 Å². The van der Waals surface area contributed by atoms with Crippen LogP contribution in [0.2, 0.25) is 0 Å². The van der Waals surface area contributed by atoms with E-state index in [9.17, 15) is 9.18 Å². The lowest BCUT2D eigenvalue weighted by Gasteiger charge is -2.23. The van der Waals surface area contributed by atoms with E-state index in [0.29, 0.717) is 34.4 Å². The minimum Gasteiger partial charge on any atom is -0.381 e. The quantitative estimate of drug-likeness (QED) is 0.522. The van der Waals surface area contributed by atoms with Crippen LogP contribution in [0.25, 0.3) is 21.8 Å². The zero-order valence-corrected chi connectivity index (χ0v) is 18.3. The minimum atomic E-state index is -0.280. The predicted octanol–water partition coefficient (Wildman–Crippen LogP) is 3.05. The Hall–Kier alpha value is -3.10. The molecule has 0 saturated carbocycles. The second kappa shape index (κ2) is 8.44. The van der Waals surface area contributed by atoms with Crippen LogP contribution in [-0.2, 0) is 24.9 Å². The molecule has 1 N–H and O–H groups in total. The van der Waals surface area contributed by atoms with Crippen molar-refractivity contribution in [2.45, 2.75) is 38.9 Å². The molecule has 32 heavy (non-hydrogen) atoms. The molecule has 0 unspecified atom stereocenters. The maximum Gasteiger partial charge on any atom is 0.291 e. The van der Waals surface area contributed by atoms with E-state index >= 15 is 0 Å². The lowest BCUT2D eigenvalue weighted by atomic mass is 10.1. The number of aryl methyl sites for hydroxylation is 2. The number of ether oxygens (including phenoxy) is 1. The summed E-state index contributed by atoms with van der Waals surface area (Å²) in [4.78, 5) is 17.7. The van der Waals surface area contributed by atoms with Gasteiger partial charge in [-0.2, -0.15) is 5.10 Å². The summed E-state index contributed by atoms with van der Waals surface area (Å²) in [5, 5.41) is 9.13. The molecule has 0 aliphatic carbocycles. The van der Waals surface area contributed by atoms with Crippen molar-refractivity contribution in [2.24, 2.45) is 7.05 Å². The maximum absolute atomic E-state index is 14.9. The van der Waals surface area contributed by atoms with E-state index in [1.165, 1.54) is 10.7 Å². The highest BCUT2D eigenvalue weighted by Gasteiger charge is 2.18. The number of nitrogens with zero attached hydrogens (tertiary/aromatic N) is 4. The van der Waals surface area contributed by atoms with Gasteiger partial charge in [0.2, 0.25) is 0 Å². The van der Waals surface area contributed by atoms with E-state index in [1.54, 1.807) is 6.20 Å². The van der Waals surface area contributed by atoms with Gasteiger partial charge in [0.1, 0.15) is 11.3 Å². The molecule has 4 aromatic rings. The van der Waals surface area contributed by atoms with Crippen molar-refractivity contribution >= 4 is 21.8 Å². The highest BCUT2D eigenvalue weighted by Crippen LogP contribution is 2.28. The molecular weight excluding hydrogens is 409 g/mol. The molecule has 1 saturated heterocycles. The molecule has 0 spiro atoms. The third-order valence-electron chi connectivity index (χ3n) is 6.23. The van der Waals surface area contributed by atoms with E-state index in [0.717, 1.165) is 43.0 Å². The lowest BCUT2D eigenvalue weighted by Crippen LogP contribution is -2.34. The van der Waals surface area contributed by atoms with Crippen molar-refractivity contribution in [3.8, 4) is 0 Å². The van der Waals surface area contributed by atoms with Gasteiger partial charge in [0.25, 0.3) is 5.56 Å². The molecule has 0 atom stereocenters. The fourth-order valence-electron chi connectivity index (χ4n) is 4.46. The fourth-order valence-corrected chi connectivity index (χ4v) is 4.46. The Kier molecular flexibility index (Phi) is 5.48. The highest BCUT2D eigenvalue weighted by molar-refractivity contribution is 6.07. The third-order valence-corrected chi connectivity index (χ3v) is 6.23. The summed E-state index contributed by atoms with van der Waals surface area (Å²) in [7, 11) is 1.84. The van der Waals surface area contributed by atoms with Gasteiger partial charge >= 0.3 is 0 Å². The number of hydrogen-bond acceptors (Lipinski definition) is 5. The van der Waals surface area contributed by atoms with Gasteiger partial charge < -0.3 is 14.6 Å². The van der Waals surface area contributed by atoms with E-state index < -0.39 is 0 Å². The van der Waals surface area contributed by atoms with E-state index in [2.05, 4.69) is 15.4 Å². The zero-order valence-electron chi connectivity index (χ0n) is 18.3. The number of fused-ring (bicyclic) bond motifs is 3. The molecule has 0 bridgehead atoms. The van der Waals surface area contributed by atoms with Gasteiger partial charge in [-0.25, -0.2) is 9.07 Å². The monoisotopic (exact) mass is 435 g/mol. The Morgan fingerprint density at radius 2 is 2.03 bits per heavy atom. The first-order chi connectivity index (χ1) is 15.5. The molecule has 3 aromatic heterocycles. The Balaban J connectivity index is 1.52. The highest BCUT2D eigenvalue weighted by atomic mass is 19.1. The van der Waals surface area contributed by atoms with Crippen molar-refractivity contribution < 1.29 is 9.13 Å². The number of halogens is 1. The number of benzene rings is 1. The molecule has 1 aromatic carbocycles. The summed E-state index contributed by atoms with van der Waals surface area (Å²) in [6.07, 6.45) is 3.51. The number of aromatic nitrogens is 4. The molecule has 5 rings (SSSR count). The van der Waals surface area contributed by atoms with Crippen LogP contribution in [-0.4, -0.2) is 38.6 Å². The van der Waals surface area contributed by atoms with Crippen molar-refractivity contribution in [1.29, 1.82) is 0 Å². The molecular formula is C24H26FN5O2. The molecule has 4 heterocycles. The number of hydrogen-bond donors (Lipinski definition) is 1. The van der Waals surface area contributed by atoms with E-state index in [4.69, 9.17) is 4.74 Å². The first-order valence-electron chi connectivity index (χ1n) is 10.9. The molecule has 7 nitrogen and oxygen atoms in total. The topological polar surface area (TPSA) is 74.0 Å². The van der Waals surface area contributed by atoms with Gasteiger partial charge in [0, 0.05) is 60.4 Å². The first kappa shape index (κ1) is 20.8. The van der Waals surface area contributed by atoms with Gasteiger partial charge in [-0.1, -0.05) is 6.07 Å². The molecule has 1 aliphatic heterocycles. The van der Waals surface area contributed by atoms with Crippen molar-refractivity contribution in [3.05, 3.63) is 69.7 Å². The zero-order chi connectivity index (χ0) is 22.2. The third kappa shape index (κ3) is 3.80. The lowest BCUT2D eigenvalue weighted by molar-refractivity contribution is 0.0775. The van der Waals surface area contributed by atoms with Crippen LogP contribution in [0.3, 0.4) is 0 Å². The second-order valence-corrected chi connectivity index (χ2v) is 8.43. The maximum atomic E-state index is 14.9. The average Bonchev–Trinajstić information content (AvgIpc) is 3.06. The van der Waals surface area contributed by atoms with Crippen molar-refractivity contribution in [3.63, 3.8) is 0 Å². The van der Waals surface area contributed by atoms with Crippen LogP contribution in [0.5, 0.6) is 0 Å². The Bertz CT molecular complexity index is 1350.